The van der Waals surface area contributed by atoms with Gasteiger partial charge in [-0.25, -0.2) is 8.42 Å². The molecule has 0 aliphatic carbocycles. The van der Waals surface area contributed by atoms with Crippen LogP contribution in [0.3, 0.4) is 0 Å². The Morgan fingerprint density at radius 2 is 2.05 bits per heavy atom. The average molecular weight is 370 g/mol. The SMILES string of the molecule is CNCc1cccc(S(=O)(=O)Nc2ccncc2Br)c1C. The van der Waals surface area contributed by atoms with Crippen LogP contribution < -0.4 is 10.0 Å². The van der Waals surface area contributed by atoms with Crippen molar-refractivity contribution in [3.05, 3.63) is 52.3 Å². The first-order valence-electron chi connectivity index (χ1n) is 6.31. The number of nitrogens with one attached hydrogen (secondary N) is 2. The Labute approximate surface area is 133 Å². The summed E-state index contributed by atoms with van der Waals surface area (Å²) < 4.78 is 28.3. The molecule has 0 radical (unpaired) electrons. The van der Waals surface area contributed by atoms with Crippen molar-refractivity contribution in [1.29, 1.82) is 0 Å². The third kappa shape index (κ3) is 3.61. The maximum atomic E-state index is 12.6. The number of pyridine rings is 1. The Morgan fingerprint density at radius 1 is 1.29 bits per heavy atom. The summed E-state index contributed by atoms with van der Waals surface area (Å²) in [7, 11) is -1.82. The lowest BCUT2D eigenvalue weighted by atomic mass is 10.1. The topological polar surface area (TPSA) is 71.1 Å². The van der Waals surface area contributed by atoms with Crippen LogP contribution in [0.2, 0.25) is 0 Å². The number of hydrogen-bond donors (Lipinski definition) is 2. The number of anilines is 1. The molecule has 0 saturated carbocycles. The summed E-state index contributed by atoms with van der Waals surface area (Å²) in [6, 6.07) is 6.86. The first-order valence-corrected chi connectivity index (χ1v) is 8.58. The molecule has 0 unspecified atom stereocenters. The minimum atomic E-state index is -3.64. The molecule has 2 N–H and O–H groups in total. The van der Waals surface area contributed by atoms with Gasteiger partial charge in [0.25, 0.3) is 10.0 Å². The lowest BCUT2D eigenvalue weighted by Crippen LogP contribution is -2.16. The molecule has 0 saturated heterocycles. The van der Waals surface area contributed by atoms with Crippen LogP contribution in [0.15, 0.2) is 46.0 Å². The standard InChI is InChI=1S/C14H16BrN3O2S/c1-10-11(8-16-2)4-3-5-14(10)21(19,20)18-13-6-7-17-9-12(13)15/h3-7,9,16H,8H2,1-2H3,(H,17,18). The Hall–Kier alpha value is -1.44. The lowest BCUT2D eigenvalue weighted by Gasteiger charge is -2.14. The number of rotatable bonds is 5. The van der Waals surface area contributed by atoms with E-state index in [1.54, 1.807) is 24.4 Å². The maximum absolute atomic E-state index is 12.6. The zero-order valence-electron chi connectivity index (χ0n) is 11.7. The molecule has 1 heterocycles. The van der Waals surface area contributed by atoms with Crippen LogP contribution in [0.5, 0.6) is 0 Å². The molecule has 0 amide bonds. The van der Waals surface area contributed by atoms with Crippen LogP contribution in [-0.2, 0) is 16.6 Å². The minimum Gasteiger partial charge on any atom is -0.316 e. The van der Waals surface area contributed by atoms with E-state index >= 15 is 0 Å². The van der Waals surface area contributed by atoms with E-state index in [1.807, 2.05) is 20.0 Å². The maximum Gasteiger partial charge on any atom is 0.262 e. The van der Waals surface area contributed by atoms with Crippen LogP contribution in [0.25, 0.3) is 0 Å². The monoisotopic (exact) mass is 369 g/mol. The summed E-state index contributed by atoms with van der Waals surface area (Å²) in [4.78, 5) is 4.19. The molecule has 0 spiro atoms. The molecule has 2 aromatic rings. The van der Waals surface area contributed by atoms with E-state index < -0.39 is 10.0 Å². The summed E-state index contributed by atoms with van der Waals surface area (Å²) >= 11 is 3.28. The number of sulfonamides is 1. The van der Waals surface area contributed by atoms with Crippen molar-refractivity contribution < 1.29 is 8.42 Å². The molecular weight excluding hydrogens is 354 g/mol. The van der Waals surface area contributed by atoms with Gasteiger partial charge >= 0.3 is 0 Å². The highest BCUT2D eigenvalue weighted by atomic mass is 79.9. The Bertz CT molecular complexity index is 748. The summed E-state index contributed by atoms with van der Waals surface area (Å²) in [5.41, 5.74) is 2.15. The third-order valence-corrected chi connectivity index (χ3v) is 5.21. The molecule has 5 nitrogen and oxygen atoms in total. The van der Waals surface area contributed by atoms with Crippen molar-refractivity contribution in [1.82, 2.24) is 10.3 Å². The van der Waals surface area contributed by atoms with Gasteiger partial charge in [0.15, 0.2) is 0 Å². The van der Waals surface area contributed by atoms with E-state index in [-0.39, 0.29) is 4.90 Å². The van der Waals surface area contributed by atoms with Crippen LogP contribution in [0.1, 0.15) is 11.1 Å². The molecule has 0 aliphatic heterocycles. The van der Waals surface area contributed by atoms with Crippen LogP contribution in [-0.4, -0.2) is 20.4 Å². The van der Waals surface area contributed by atoms with E-state index in [0.717, 1.165) is 11.1 Å². The van der Waals surface area contributed by atoms with Crippen molar-refractivity contribution in [3.8, 4) is 0 Å². The molecule has 0 aliphatic rings. The predicted octanol–water partition coefficient (Wildman–Crippen LogP) is 2.67. The second-order valence-corrected chi connectivity index (χ2v) is 7.04. The van der Waals surface area contributed by atoms with Crippen molar-refractivity contribution >= 4 is 31.6 Å². The molecule has 112 valence electrons. The first-order chi connectivity index (χ1) is 9.95. The number of benzene rings is 1. The van der Waals surface area contributed by atoms with Gasteiger partial charge in [-0.1, -0.05) is 12.1 Å². The second kappa shape index (κ2) is 6.55. The molecule has 7 heteroatoms. The summed E-state index contributed by atoms with van der Waals surface area (Å²) in [6.07, 6.45) is 3.08. The molecule has 0 fully saturated rings. The van der Waals surface area contributed by atoms with Crippen molar-refractivity contribution in [2.24, 2.45) is 0 Å². The fourth-order valence-electron chi connectivity index (χ4n) is 1.99. The van der Waals surface area contributed by atoms with E-state index in [2.05, 4.69) is 31.0 Å². The van der Waals surface area contributed by atoms with Gasteiger partial charge in [-0.15, -0.1) is 0 Å². The molecule has 0 atom stereocenters. The van der Waals surface area contributed by atoms with E-state index in [0.29, 0.717) is 16.7 Å². The third-order valence-electron chi connectivity index (χ3n) is 3.07. The highest BCUT2D eigenvalue weighted by Crippen LogP contribution is 2.25. The van der Waals surface area contributed by atoms with Gasteiger partial charge in [-0.3, -0.25) is 9.71 Å². The molecular formula is C14H16BrN3O2S. The van der Waals surface area contributed by atoms with Crippen LogP contribution in [0.4, 0.5) is 5.69 Å². The fourth-order valence-corrected chi connectivity index (χ4v) is 3.84. The van der Waals surface area contributed by atoms with Crippen LogP contribution in [0, 0.1) is 6.92 Å². The van der Waals surface area contributed by atoms with Gasteiger partial charge in [-0.2, -0.15) is 0 Å². The van der Waals surface area contributed by atoms with E-state index in [1.165, 1.54) is 6.20 Å². The summed E-state index contributed by atoms with van der Waals surface area (Å²) in [5, 5.41) is 3.03. The average Bonchev–Trinajstić information content (AvgIpc) is 2.43. The lowest BCUT2D eigenvalue weighted by molar-refractivity contribution is 0.600. The van der Waals surface area contributed by atoms with Crippen molar-refractivity contribution in [2.75, 3.05) is 11.8 Å². The predicted molar refractivity (Wildman–Crippen MR) is 86.7 cm³/mol. The zero-order valence-corrected chi connectivity index (χ0v) is 14.1. The van der Waals surface area contributed by atoms with Crippen LogP contribution >= 0.6 is 15.9 Å². The molecule has 2 rings (SSSR count). The number of aromatic nitrogens is 1. The number of nitrogens with zero attached hydrogens (tertiary/aromatic N) is 1. The first kappa shape index (κ1) is 15.9. The van der Waals surface area contributed by atoms with Crippen molar-refractivity contribution in [3.63, 3.8) is 0 Å². The van der Waals surface area contributed by atoms with Gasteiger partial charge < -0.3 is 5.32 Å². The van der Waals surface area contributed by atoms with Gasteiger partial charge in [-0.05, 0) is 53.2 Å². The minimum absolute atomic E-state index is 0.277. The fraction of sp³-hybridized carbons (Fsp3) is 0.214. The van der Waals surface area contributed by atoms with Gasteiger partial charge in [0.1, 0.15) is 0 Å². The highest BCUT2D eigenvalue weighted by Gasteiger charge is 2.19. The van der Waals surface area contributed by atoms with E-state index in [4.69, 9.17) is 0 Å². The van der Waals surface area contributed by atoms with Crippen molar-refractivity contribution in [2.45, 2.75) is 18.4 Å². The molecule has 1 aromatic carbocycles. The van der Waals surface area contributed by atoms with Gasteiger partial charge in [0.2, 0.25) is 0 Å². The highest BCUT2D eigenvalue weighted by molar-refractivity contribution is 9.10. The smallest absolute Gasteiger partial charge is 0.262 e. The van der Waals surface area contributed by atoms with Gasteiger partial charge in [0.05, 0.1) is 15.1 Å². The summed E-state index contributed by atoms with van der Waals surface area (Å²) in [5.74, 6) is 0. The Kier molecular flexibility index (Phi) is 4.97. The van der Waals surface area contributed by atoms with E-state index in [9.17, 15) is 8.42 Å². The Balaban J connectivity index is 2.41. The molecule has 21 heavy (non-hydrogen) atoms. The largest absolute Gasteiger partial charge is 0.316 e. The van der Waals surface area contributed by atoms with Gasteiger partial charge in [0, 0.05) is 18.9 Å². The number of hydrogen-bond acceptors (Lipinski definition) is 4. The molecule has 1 aromatic heterocycles. The summed E-state index contributed by atoms with van der Waals surface area (Å²) in [6.45, 7) is 2.43. The normalized spacial score (nSPS) is 11.4. The number of halogens is 1. The molecule has 0 bridgehead atoms. The Morgan fingerprint density at radius 3 is 2.71 bits per heavy atom. The quantitative estimate of drug-likeness (QED) is 0.849. The zero-order chi connectivity index (χ0) is 15.5. The second-order valence-electron chi connectivity index (χ2n) is 4.53.